The van der Waals surface area contributed by atoms with Gasteiger partial charge in [0.2, 0.25) is 15.0 Å². The number of nitrogens with one attached hydrogen (secondary N) is 2. The molecule has 196 valence electrons. The number of hydrogen-bond acceptors (Lipinski definition) is 8. The molecule has 2 amide bonds. The van der Waals surface area contributed by atoms with Gasteiger partial charge in [-0.2, -0.15) is 0 Å². The number of aromatic nitrogens is 2. The van der Waals surface area contributed by atoms with Gasteiger partial charge in [0.25, 0.3) is 11.8 Å². The summed E-state index contributed by atoms with van der Waals surface area (Å²) in [6.07, 6.45) is 5.08. The van der Waals surface area contributed by atoms with Crippen LogP contribution in [0.15, 0.2) is 58.4 Å². The van der Waals surface area contributed by atoms with Crippen LogP contribution in [0.3, 0.4) is 0 Å². The van der Waals surface area contributed by atoms with Crippen molar-refractivity contribution in [1.29, 1.82) is 0 Å². The Labute approximate surface area is 228 Å². The highest BCUT2D eigenvalue weighted by Crippen LogP contribution is 2.39. The maximum absolute atomic E-state index is 13.3. The van der Waals surface area contributed by atoms with E-state index in [1.54, 1.807) is 24.3 Å². The summed E-state index contributed by atoms with van der Waals surface area (Å²) < 4.78 is 31.4. The molecule has 0 spiro atoms. The van der Waals surface area contributed by atoms with Crippen LogP contribution in [0.5, 0.6) is 0 Å². The summed E-state index contributed by atoms with van der Waals surface area (Å²) in [6, 6.07) is 10.6. The van der Waals surface area contributed by atoms with Crippen molar-refractivity contribution in [2.45, 2.75) is 43.6 Å². The molecule has 2 N–H and O–H groups in total. The fourth-order valence-corrected chi connectivity index (χ4v) is 7.03. The predicted octanol–water partition coefficient (Wildman–Crippen LogP) is 4.74. The first-order valence-corrected chi connectivity index (χ1v) is 14.6. The molecule has 3 aromatic heterocycles. The van der Waals surface area contributed by atoms with E-state index in [9.17, 15) is 18.0 Å². The maximum atomic E-state index is 13.3. The molecule has 0 fully saturated rings. The van der Waals surface area contributed by atoms with Crippen LogP contribution in [0.1, 0.15) is 54.6 Å². The van der Waals surface area contributed by atoms with Crippen molar-refractivity contribution in [2.75, 3.05) is 5.32 Å². The van der Waals surface area contributed by atoms with E-state index in [2.05, 4.69) is 20.6 Å². The molecule has 3 heterocycles. The quantitative estimate of drug-likeness (QED) is 0.292. The highest BCUT2D eigenvalue weighted by atomic mass is 35.5. The van der Waals surface area contributed by atoms with Crippen molar-refractivity contribution < 1.29 is 22.4 Å². The second kappa shape index (κ2) is 10.7. The standard InChI is InChI=1S/C26H23ClN4O5S2/c1-15-6-2-3-7-16(15)14-38(34,35)26-29-13-19(27)22(30-26)24(33)31-25-21(18-9-4-10-20(18)37-25)23(32)28-12-17-8-5-11-36-17/h2-3,5-8,11,13H,4,9-10,12,14H2,1H3,(H,28,32)(H,31,33). The van der Waals surface area contributed by atoms with Crippen LogP contribution in [-0.4, -0.2) is 30.2 Å². The molecule has 4 aromatic rings. The number of anilines is 1. The van der Waals surface area contributed by atoms with Gasteiger partial charge in [-0.1, -0.05) is 35.9 Å². The average molecular weight is 571 g/mol. The number of fused-ring (bicyclic) bond motifs is 1. The van der Waals surface area contributed by atoms with Crippen LogP contribution in [-0.2, 0) is 35.0 Å². The van der Waals surface area contributed by atoms with E-state index in [4.69, 9.17) is 16.0 Å². The van der Waals surface area contributed by atoms with E-state index in [1.165, 1.54) is 17.6 Å². The van der Waals surface area contributed by atoms with Gasteiger partial charge < -0.3 is 15.1 Å². The Kier molecular flexibility index (Phi) is 7.33. The molecule has 0 radical (unpaired) electrons. The minimum absolute atomic E-state index is 0.106. The lowest BCUT2D eigenvalue weighted by molar-refractivity contribution is 0.0948. The molecule has 1 aromatic carbocycles. The number of benzene rings is 1. The van der Waals surface area contributed by atoms with E-state index < -0.39 is 20.9 Å². The Balaban J connectivity index is 1.40. The van der Waals surface area contributed by atoms with E-state index in [1.807, 2.05) is 19.1 Å². The lowest BCUT2D eigenvalue weighted by Gasteiger charge is -2.10. The first-order valence-electron chi connectivity index (χ1n) is 11.8. The summed E-state index contributed by atoms with van der Waals surface area (Å²) in [5.41, 5.74) is 2.42. The third-order valence-electron chi connectivity index (χ3n) is 6.20. The van der Waals surface area contributed by atoms with Gasteiger partial charge in [0, 0.05) is 4.88 Å². The van der Waals surface area contributed by atoms with Crippen molar-refractivity contribution in [2.24, 2.45) is 0 Å². The first kappa shape index (κ1) is 26.1. The Morgan fingerprint density at radius 3 is 2.71 bits per heavy atom. The third kappa shape index (κ3) is 5.35. The van der Waals surface area contributed by atoms with Gasteiger partial charge in [0.05, 0.1) is 35.3 Å². The molecular formula is C26H23ClN4O5S2. The predicted molar refractivity (Wildman–Crippen MR) is 143 cm³/mol. The largest absolute Gasteiger partial charge is 0.467 e. The number of aryl methyl sites for hydroxylation is 2. The number of halogens is 1. The zero-order valence-electron chi connectivity index (χ0n) is 20.3. The molecule has 1 aliphatic carbocycles. The average Bonchev–Trinajstić information content (AvgIpc) is 3.62. The van der Waals surface area contributed by atoms with Crippen LogP contribution in [0, 0.1) is 6.92 Å². The van der Waals surface area contributed by atoms with Gasteiger partial charge >= 0.3 is 0 Å². The Bertz CT molecular complexity index is 1630. The van der Waals surface area contributed by atoms with Crippen molar-refractivity contribution >= 4 is 49.6 Å². The summed E-state index contributed by atoms with van der Waals surface area (Å²) in [5.74, 6) is -0.792. The van der Waals surface area contributed by atoms with Crippen LogP contribution in [0.2, 0.25) is 5.02 Å². The fourth-order valence-electron chi connectivity index (χ4n) is 4.27. The van der Waals surface area contributed by atoms with Gasteiger partial charge in [-0.25, -0.2) is 18.4 Å². The van der Waals surface area contributed by atoms with E-state index >= 15 is 0 Å². The monoisotopic (exact) mass is 570 g/mol. The molecule has 12 heteroatoms. The number of sulfone groups is 1. The summed E-state index contributed by atoms with van der Waals surface area (Å²) in [5, 5.41) is 5.32. The number of thiophene rings is 1. The molecule has 5 rings (SSSR count). The summed E-state index contributed by atoms with van der Waals surface area (Å²) in [4.78, 5) is 35.3. The SMILES string of the molecule is Cc1ccccc1CS(=O)(=O)c1ncc(Cl)c(C(=O)Nc2sc3c(c2C(=O)NCc2ccco2)CCC3)n1. The van der Waals surface area contributed by atoms with Crippen molar-refractivity contribution in [3.8, 4) is 0 Å². The second-order valence-corrected chi connectivity index (χ2v) is 12.2. The number of carbonyl (C=O) groups excluding carboxylic acids is 2. The van der Waals surface area contributed by atoms with E-state index in [0.29, 0.717) is 21.9 Å². The molecule has 1 aliphatic rings. The second-order valence-electron chi connectivity index (χ2n) is 8.81. The smallest absolute Gasteiger partial charge is 0.276 e. The first-order chi connectivity index (χ1) is 18.2. The summed E-state index contributed by atoms with van der Waals surface area (Å²) in [7, 11) is -3.96. The van der Waals surface area contributed by atoms with Crippen LogP contribution in [0.4, 0.5) is 5.00 Å². The lowest BCUT2D eigenvalue weighted by atomic mass is 10.1. The van der Waals surface area contributed by atoms with Gasteiger partial charge in [0.1, 0.15) is 10.8 Å². The van der Waals surface area contributed by atoms with E-state index in [0.717, 1.165) is 41.5 Å². The molecular weight excluding hydrogens is 548 g/mol. The number of nitrogens with zero attached hydrogens (tertiary/aromatic N) is 2. The molecule has 0 aliphatic heterocycles. The van der Waals surface area contributed by atoms with Crippen molar-refractivity contribution in [1.82, 2.24) is 15.3 Å². The Hall–Kier alpha value is -3.54. The van der Waals surface area contributed by atoms with Gasteiger partial charge in [-0.05, 0) is 55.0 Å². The topological polar surface area (TPSA) is 131 Å². The summed E-state index contributed by atoms with van der Waals surface area (Å²) in [6.45, 7) is 2.01. The zero-order valence-corrected chi connectivity index (χ0v) is 22.7. The molecule has 0 saturated carbocycles. The molecule has 0 saturated heterocycles. The number of hydrogen-bond donors (Lipinski definition) is 2. The van der Waals surface area contributed by atoms with Crippen LogP contribution < -0.4 is 10.6 Å². The van der Waals surface area contributed by atoms with Gasteiger partial charge in [-0.3, -0.25) is 9.59 Å². The Morgan fingerprint density at radius 2 is 1.95 bits per heavy atom. The van der Waals surface area contributed by atoms with Crippen molar-refractivity contribution in [3.05, 3.63) is 92.5 Å². The number of furan rings is 1. The van der Waals surface area contributed by atoms with Gasteiger partial charge in [0.15, 0.2) is 5.69 Å². The molecule has 9 nitrogen and oxygen atoms in total. The normalized spacial score (nSPS) is 12.8. The minimum atomic E-state index is -3.96. The third-order valence-corrected chi connectivity index (χ3v) is 9.13. The van der Waals surface area contributed by atoms with E-state index in [-0.39, 0.29) is 28.9 Å². The molecule has 0 bridgehead atoms. The molecule has 0 atom stereocenters. The lowest BCUT2D eigenvalue weighted by Crippen LogP contribution is -2.25. The fraction of sp³-hybridized carbons (Fsp3) is 0.231. The van der Waals surface area contributed by atoms with Crippen molar-refractivity contribution in [3.63, 3.8) is 0 Å². The highest BCUT2D eigenvalue weighted by Gasteiger charge is 2.29. The molecule has 0 unspecified atom stereocenters. The molecule has 38 heavy (non-hydrogen) atoms. The summed E-state index contributed by atoms with van der Waals surface area (Å²) >= 11 is 7.53. The number of carbonyl (C=O) groups is 2. The zero-order chi connectivity index (χ0) is 26.9. The Morgan fingerprint density at radius 1 is 1.13 bits per heavy atom. The number of rotatable bonds is 8. The highest BCUT2D eigenvalue weighted by molar-refractivity contribution is 7.90. The van der Waals surface area contributed by atoms with Crippen LogP contribution >= 0.6 is 22.9 Å². The maximum Gasteiger partial charge on any atom is 0.276 e. The van der Waals surface area contributed by atoms with Gasteiger partial charge in [-0.15, -0.1) is 11.3 Å². The number of amides is 2. The van der Waals surface area contributed by atoms with Crippen LogP contribution in [0.25, 0.3) is 0 Å². The minimum Gasteiger partial charge on any atom is -0.467 e.